The number of benzene rings is 8. The van der Waals surface area contributed by atoms with Gasteiger partial charge >= 0.3 is 0 Å². The highest BCUT2D eigenvalue weighted by Crippen LogP contribution is 2.45. The summed E-state index contributed by atoms with van der Waals surface area (Å²) in [5.41, 5.74) is 10.3. The van der Waals surface area contributed by atoms with Crippen LogP contribution < -0.4 is 0 Å². The first-order valence-corrected chi connectivity index (χ1v) is 19.8. The first-order valence-electron chi connectivity index (χ1n) is 19.0. The van der Waals surface area contributed by atoms with Crippen LogP contribution in [0.5, 0.6) is 0 Å². The fourth-order valence-corrected chi connectivity index (χ4v) is 9.58. The molecule has 0 unspecified atom stereocenters. The molecular formula is C51H30N4OS. The molecule has 0 saturated carbocycles. The molecule has 266 valence electrons. The number of fused-ring (bicyclic) bond motifs is 9. The molecule has 0 saturated heterocycles. The molecule has 0 N–H and O–H groups in total. The van der Waals surface area contributed by atoms with Crippen molar-refractivity contribution >= 4 is 75.3 Å². The molecule has 0 aliphatic heterocycles. The molecule has 57 heavy (non-hydrogen) atoms. The number of hydrogen-bond donors (Lipinski definition) is 0. The third-order valence-corrected chi connectivity index (χ3v) is 12.2. The molecule has 0 fully saturated rings. The zero-order valence-electron chi connectivity index (χ0n) is 30.4. The van der Waals surface area contributed by atoms with Crippen molar-refractivity contribution in [2.45, 2.75) is 0 Å². The maximum absolute atomic E-state index is 6.54. The van der Waals surface area contributed by atoms with Crippen LogP contribution >= 0.6 is 11.3 Å². The second-order valence-corrected chi connectivity index (χ2v) is 15.5. The Labute approximate surface area is 330 Å². The minimum absolute atomic E-state index is 0.585. The maximum Gasteiger partial charge on any atom is 0.238 e. The summed E-state index contributed by atoms with van der Waals surface area (Å²) in [6, 6.07) is 63.8. The van der Waals surface area contributed by atoms with E-state index in [1.165, 1.54) is 25.7 Å². The van der Waals surface area contributed by atoms with Crippen molar-refractivity contribution in [2.24, 2.45) is 0 Å². The van der Waals surface area contributed by atoms with E-state index in [1.54, 1.807) is 0 Å². The normalized spacial score (nSPS) is 11.9. The van der Waals surface area contributed by atoms with E-state index in [9.17, 15) is 0 Å². The molecule has 12 rings (SSSR count). The van der Waals surface area contributed by atoms with E-state index in [0.29, 0.717) is 17.6 Å². The molecule has 0 atom stereocenters. The van der Waals surface area contributed by atoms with Gasteiger partial charge in [0.1, 0.15) is 11.2 Å². The number of nitrogens with zero attached hydrogens (tertiary/aromatic N) is 4. The standard InChI is InChI=1S/C51H30N4OS/c1-3-14-31(15-4-1)39-29-34(30-40-38-20-9-12-24-44(38)56-48(39)40)35-21-13-25-46-47(35)41-28-33(26-27-45(41)57-46)50-52-49(32-16-5-2-6-17-32)53-51(54-50)55-42-22-10-7-18-36(42)37-19-8-11-23-43(37)55/h1-30H. The number of aromatic nitrogens is 4. The van der Waals surface area contributed by atoms with Crippen molar-refractivity contribution in [3.8, 4) is 51.0 Å². The smallest absolute Gasteiger partial charge is 0.238 e. The predicted molar refractivity (Wildman–Crippen MR) is 236 cm³/mol. The van der Waals surface area contributed by atoms with E-state index in [-0.39, 0.29) is 0 Å². The van der Waals surface area contributed by atoms with E-state index < -0.39 is 0 Å². The molecule has 6 heteroatoms. The number of thiophene rings is 1. The van der Waals surface area contributed by atoms with Gasteiger partial charge in [-0.05, 0) is 71.3 Å². The third-order valence-electron chi connectivity index (χ3n) is 11.1. The Morgan fingerprint density at radius 3 is 1.79 bits per heavy atom. The molecule has 0 radical (unpaired) electrons. The van der Waals surface area contributed by atoms with E-state index in [1.807, 2.05) is 35.6 Å². The highest BCUT2D eigenvalue weighted by atomic mass is 32.1. The average Bonchev–Trinajstić information content (AvgIpc) is 3.96. The highest BCUT2D eigenvalue weighted by Gasteiger charge is 2.20. The van der Waals surface area contributed by atoms with Gasteiger partial charge in [0.2, 0.25) is 5.95 Å². The zero-order valence-corrected chi connectivity index (χ0v) is 31.2. The van der Waals surface area contributed by atoms with Crippen LogP contribution in [0.2, 0.25) is 0 Å². The molecule has 8 aromatic carbocycles. The topological polar surface area (TPSA) is 56.7 Å². The lowest BCUT2D eigenvalue weighted by atomic mass is 9.93. The summed E-state index contributed by atoms with van der Waals surface area (Å²) >= 11 is 1.81. The molecule has 4 heterocycles. The molecule has 12 aromatic rings. The van der Waals surface area contributed by atoms with Crippen molar-refractivity contribution in [3.05, 3.63) is 182 Å². The van der Waals surface area contributed by atoms with Gasteiger partial charge in [0.05, 0.1) is 11.0 Å². The Kier molecular flexibility index (Phi) is 7.03. The third kappa shape index (κ3) is 5.04. The average molecular weight is 747 g/mol. The molecule has 4 aromatic heterocycles. The summed E-state index contributed by atoms with van der Waals surface area (Å²) in [7, 11) is 0. The number of para-hydroxylation sites is 3. The van der Waals surface area contributed by atoms with E-state index in [4.69, 9.17) is 19.4 Å². The molecule has 0 amide bonds. The fourth-order valence-electron chi connectivity index (χ4n) is 8.47. The van der Waals surface area contributed by atoms with Crippen molar-refractivity contribution in [2.75, 3.05) is 0 Å². The number of rotatable bonds is 5. The van der Waals surface area contributed by atoms with Gasteiger partial charge in [-0.1, -0.05) is 127 Å². The first kappa shape index (κ1) is 31.9. The van der Waals surface area contributed by atoms with Crippen LogP contribution in [0, 0.1) is 0 Å². The van der Waals surface area contributed by atoms with Gasteiger partial charge in [-0.3, -0.25) is 4.57 Å². The second kappa shape index (κ2) is 12.6. The Hall–Kier alpha value is -7.41. The lowest BCUT2D eigenvalue weighted by Crippen LogP contribution is -2.06. The number of furan rings is 1. The SMILES string of the molecule is c1ccc(-c2nc(-c3ccc4sc5cccc(-c6cc(-c7ccccc7)c7oc8ccccc8c7c6)c5c4c3)nc(-n3c4ccccc4c4ccccc43)n2)cc1. The molecule has 0 aliphatic carbocycles. The molecular weight excluding hydrogens is 717 g/mol. The molecule has 5 nitrogen and oxygen atoms in total. The monoisotopic (exact) mass is 746 g/mol. The zero-order chi connectivity index (χ0) is 37.5. The summed E-state index contributed by atoms with van der Waals surface area (Å²) in [6.07, 6.45) is 0. The quantitative estimate of drug-likeness (QED) is 0.176. The summed E-state index contributed by atoms with van der Waals surface area (Å²) in [6.45, 7) is 0. The van der Waals surface area contributed by atoms with Crippen LogP contribution in [0.3, 0.4) is 0 Å². The van der Waals surface area contributed by atoms with E-state index in [2.05, 4.69) is 162 Å². The summed E-state index contributed by atoms with van der Waals surface area (Å²) in [5.74, 6) is 1.83. The Morgan fingerprint density at radius 2 is 1.04 bits per heavy atom. The van der Waals surface area contributed by atoms with E-state index >= 15 is 0 Å². The van der Waals surface area contributed by atoms with Crippen LogP contribution in [-0.2, 0) is 0 Å². The van der Waals surface area contributed by atoms with Crippen molar-refractivity contribution in [3.63, 3.8) is 0 Å². The lowest BCUT2D eigenvalue weighted by molar-refractivity contribution is 0.670. The van der Waals surface area contributed by atoms with Gasteiger partial charge in [-0.2, -0.15) is 9.97 Å². The van der Waals surface area contributed by atoms with Gasteiger partial charge < -0.3 is 4.42 Å². The van der Waals surface area contributed by atoms with Crippen LogP contribution in [0.15, 0.2) is 186 Å². The second-order valence-electron chi connectivity index (χ2n) is 14.4. The molecule has 0 bridgehead atoms. The predicted octanol–water partition coefficient (Wildman–Crippen LogP) is 13.9. The summed E-state index contributed by atoms with van der Waals surface area (Å²) in [5, 5.41) is 6.92. The van der Waals surface area contributed by atoms with Gasteiger partial charge in [-0.15, -0.1) is 11.3 Å². The minimum Gasteiger partial charge on any atom is -0.455 e. The van der Waals surface area contributed by atoms with Gasteiger partial charge in [-0.25, -0.2) is 4.98 Å². The van der Waals surface area contributed by atoms with Crippen molar-refractivity contribution in [1.29, 1.82) is 0 Å². The van der Waals surface area contributed by atoms with Crippen LogP contribution in [-0.4, -0.2) is 19.5 Å². The largest absolute Gasteiger partial charge is 0.455 e. The minimum atomic E-state index is 0.585. The Bertz CT molecular complexity index is 3470. The Morgan fingerprint density at radius 1 is 0.404 bits per heavy atom. The first-order chi connectivity index (χ1) is 28.2. The maximum atomic E-state index is 6.54. The van der Waals surface area contributed by atoms with Crippen LogP contribution in [0.25, 0.3) is 115 Å². The van der Waals surface area contributed by atoms with Crippen LogP contribution in [0.1, 0.15) is 0 Å². The molecule has 0 aliphatic rings. The lowest BCUT2D eigenvalue weighted by Gasteiger charge is -2.11. The summed E-state index contributed by atoms with van der Waals surface area (Å²) < 4.78 is 11.1. The van der Waals surface area contributed by atoms with Gasteiger partial charge in [0.15, 0.2) is 11.6 Å². The fraction of sp³-hybridized carbons (Fsp3) is 0. The highest BCUT2D eigenvalue weighted by molar-refractivity contribution is 7.26. The number of hydrogen-bond acceptors (Lipinski definition) is 5. The van der Waals surface area contributed by atoms with Crippen molar-refractivity contribution in [1.82, 2.24) is 19.5 Å². The Balaban J connectivity index is 1.10. The summed E-state index contributed by atoms with van der Waals surface area (Å²) in [4.78, 5) is 15.6. The van der Waals surface area contributed by atoms with Gasteiger partial charge in [0, 0.05) is 58.4 Å². The molecule has 0 spiro atoms. The van der Waals surface area contributed by atoms with Gasteiger partial charge in [0.25, 0.3) is 0 Å². The van der Waals surface area contributed by atoms with Crippen molar-refractivity contribution < 1.29 is 4.42 Å². The van der Waals surface area contributed by atoms with E-state index in [0.717, 1.165) is 71.6 Å². The van der Waals surface area contributed by atoms with Crippen LogP contribution in [0.4, 0.5) is 0 Å².